The highest BCUT2D eigenvalue weighted by Gasteiger charge is 2.38. The van der Waals surface area contributed by atoms with Crippen LogP contribution in [0, 0.1) is 0 Å². The Kier molecular flexibility index (Phi) is 6.13. The summed E-state index contributed by atoms with van der Waals surface area (Å²) in [4.78, 5) is 47.5. The lowest BCUT2D eigenvalue weighted by Gasteiger charge is -2.37. The molecule has 0 aromatic rings. The molecule has 1 fully saturated rings. The van der Waals surface area contributed by atoms with Crippen LogP contribution in [-0.2, 0) is 19.2 Å². The zero-order valence-electron chi connectivity index (χ0n) is 12.0. The summed E-state index contributed by atoms with van der Waals surface area (Å²) in [7, 11) is 0. The maximum absolute atomic E-state index is 12.1. The molecular formula is C13H21N3O5. The largest absolute Gasteiger partial charge is 0.480 e. The summed E-state index contributed by atoms with van der Waals surface area (Å²) in [6.07, 6.45) is 0.924. The van der Waals surface area contributed by atoms with Crippen molar-refractivity contribution >= 4 is 23.7 Å². The lowest BCUT2D eigenvalue weighted by atomic mass is 9.99. The van der Waals surface area contributed by atoms with Crippen LogP contribution in [0.4, 0.5) is 0 Å². The van der Waals surface area contributed by atoms with Gasteiger partial charge in [-0.05, 0) is 19.3 Å². The van der Waals surface area contributed by atoms with Crippen molar-refractivity contribution in [2.45, 2.75) is 51.1 Å². The number of nitrogens with zero attached hydrogens (tertiary/aromatic N) is 1. The number of nitrogens with one attached hydrogen (secondary N) is 1. The Balaban J connectivity index is 3.01. The molecule has 0 bridgehead atoms. The van der Waals surface area contributed by atoms with Crippen LogP contribution in [0.2, 0.25) is 0 Å². The van der Waals surface area contributed by atoms with E-state index in [0.717, 1.165) is 4.90 Å². The number of rotatable bonds is 7. The number of hydrogen-bond donors (Lipinski definition) is 3. The van der Waals surface area contributed by atoms with E-state index in [4.69, 9.17) is 5.73 Å². The normalized spacial score (nSPS) is 19.5. The first kappa shape index (κ1) is 16.9. The van der Waals surface area contributed by atoms with Crippen LogP contribution in [0.5, 0.6) is 0 Å². The second kappa shape index (κ2) is 7.61. The predicted octanol–water partition coefficient (Wildman–Crippen LogP) is -0.778. The van der Waals surface area contributed by atoms with Crippen LogP contribution >= 0.6 is 0 Å². The lowest BCUT2D eigenvalue weighted by Crippen LogP contribution is -2.58. The number of amides is 3. The Morgan fingerprint density at radius 2 is 2.14 bits per heavy atom. The van der Waals surface area contributed by atoms with Crippen molar-refractivity contribution in [1.29, 1.82) is 0 Å². The molecule has 0 aliphatic carbocycles. The summed E-state index contributed by atoms with van der Waals surface area (Å²) < 4.78 is 0. The monoisotopic (exact) mass is 299 g/mol. The number of primary amides is 1. The number of hydrogen-bond acceptors (Lipinski definition) is 4. The lowest BCUT2D eigenvalue weighted by molar-refractivity contribution is -0.156. The minimum Gasteiger partial charge on any atom is -0.480 e. The van der Waals surface area contributed by atoms with Gasteiger partial charge in [-0.2, -0.15) is 0 Å². The average Bonchev–Trinajstić information content (AvgIpc) is 2.43. The molecule has 4 N–H and O–H groups in total. The van der Waals surface area contributed by atoms with E-state index in [1.54, 1.807) is 6.92 Å². The van der Waals surface area contributed by atoms with Gasteiger partial charge in [0.25, 0.3) is 0 Å². The highest BCUT2D eigenvalue weighted by Crippen LogP contribution is 2.19. The zero-order chi connectivity index (χ0) is 16.0. The second-order valence-corrected chi connectivity index (χ2v) is 4.96. The fraction of sp³-hybridized carbons (Fsp3) is 0.692. The molecule has 1 saturated heterocycles. The molecule has 8 nitrogen and oxygen atoms in total. The van der Waals surface area contributed by atoms with E-state index < -0.39 is 29.9 Å². The fourth-order valence-electron chi connectivity index (χ4n) is 2.43. The summed E-state index contributed by atoms with van der Waals surface area (Å²) >= 11 is 0. The molecule has 1 aliphatic rings. The molecule has 21 heavy (non-hydrogen) atoms. The van der Waals surface area contributed by atoms with Crippen molar-refractivity contribution in [3.63, 3.8) is 0 Å². The first-order valence-electron chi connectivity index (χ1n) is 6.98. The number of carboxylic acid groups (broad SMARTS) is 1. The smallest absolute Gasteiger partial charge is 0.326 e. The van der Waals surface area contributed by atoms with Crippen molar-refractivity contribution in [1.82, 2.24) is 10.2 Å². The third-order valence-corrected chi connectivity index (χ3v) is 3.47. The van der Waals surface area contributed by atoms with Gasteiger partial charge in [-0.1, -0.05) is 6.92 Å². The molecule has 0 aromatic carbocycles. The Labute approximate surface area is 122 Å². The first-order chi connectivity index (χ1) is 9.88. The number of nitrogens with two attached hydrogens (primary N) is 1. The third-order valence-electron chi connectivity index (χ3n) is 3.47. The van der Waals surface area contributed by atoms with Gasteiger partial charge in [0.05, 0.1) is 0 Å². The molecule has 8 heteroatoms. The second-order valence-electron chi connectivity index (χ2n) is 4.96. The van der Waals surface area contributed by atoms with E-state index >= 15 is 0 Å². The molecule has 0 spiro atoms. The maximum Gasteiger partial charge on any atom is 0.326 e. The molecular weight excluding hydrogens is 278 g/mol. The number of carboxylic acids is 1. The van der Waals surface area contributed by atoms with Gasteiger partial charge in [-0.15, -0.1) is 0 Å². The number of carbonyl (C=O) groups excluding carboxylic acids is 3. The van der Waals surface area contributed by atoms with E-state index in [9.17, 15) is 24.3 Å². The maximum atomic E-state index is 12.1. The number of piperidine rings is 1. The molecule has 1 unspecified atom stereocenters. The van der Waals surface area contributed by atoms with Crippen LogP contribution in [0.25, 0.3) is 0 Å². The minimum atomic E-state index is -1.24. The first-order valence-corrected chi connectivity index (χ1v) is 6.98. The zero-order valence-corrected chi connectivity index (χ0v) is 12.0. The predicted molar refractivity (Wildman–Crippen MR) is 73.0 cm³/mol. The van der Waals surface area contributed by atoms with Crippen molar-refractivity contribution < 1.29 is 24.3 Å². The number of aliphatic carboxylic acids is 1. The summed E-state index contributed by atoms with van der Waals surface area (Å²) in [5.74, 6) is -2.66. The van der Waals surface area contributed by atoms with Gasteiger partial charge < -0.3 is 21.1 Å². The topological polar surface area (TPSA) is 130 Å². The Morgan fingerprint density at radius 3 is 2.62 bits per heavy atom. The van der Waals surface area contributed by atoms with Gasteiger partial charge in [0.1, 0.15) is 12.1 Å². The van der Waals surface area contributed by atoms with Gasteiger partial charge in [-0.25, -0.2) is 4.79 Å². The molecule has 3 amide bonds. The summed E-state index contributed by atoms with van der Waals surface area (Å²) in [5.41, 5.74) is 5.04. The molecule has 1 rings (SSSR count). The Hall–Kier alpha value is -2.12. The molecule has 0 aromatic heterocycles. The fourth-order valence-corrected chi connectivity index (χ4v) is 2.43. The number of carbonyl (C=O) groups is 4. The molecule has 2 atom stereocenters. The molecule has 1 heterocycles. The molecule has 0 saturated carbocycles. The highest BCUT2D eigenvalue weighted by molar-refractivity contribution is 5.91. The minimum absolute atomic E-state index is 0.0874. The quantitative estimate of drug-likeness (QED) is 0.568. The van der Waals surface area contributed by atoms with Crippen molar-refractivity contribution in [2.24, 2.45) is 5.73 Å². The van der Waals surface area contributed by atoms with Crippen molar-refractivity contribution in [2.75, 3.05) is 6.54 Å². The van der Waals surface area contributed by atoms with Crippen LogP contribution in [-0.4, -0.2) is 52.3 Å². The van der Waals surface area contributed by atoms with Gasteiger partial charge in [-0.3, -0.25) is 14.4 Å². The third kappa shape index (κ3) is 4.44. The van der Waals surface area contributed by atoms with Crippen molar-refractivity contribution in [3.05, 3.63) is 0 Å². The summed E-state index contributed by atoms with van der Waals surface area (Å²) in [5, 5.41) is 12.0. The van der Waals surface area contributed by atoms with Crippen LogP contribution in [0.15, 0.2) is 0 Å². The summed E-state index contributed by atoms with van der Waals surface area (Å²) in [6.45, 7) is 2.12. The highest BCUT2D eigenvalue weighted by atomic mass is 16.4. The van der Waals surface area contributed by atoms with E-state index in [0.29, 0.717) is 19.4 Å². The molecule has 118 valence electrons. The van der Waals surface area contributed by atoms with Crippen molar-refractivity contribution in [3.8, 4) is 0 Å². The molecule has 0 radical (unpaired) electrons. The van der Waals surface area contributed by atoms with E-state index in [2.05, 4.69) is 5.32 Å². The van der Waals surface area contributed by atoms with Gasteiger partial charge in [0.15, 0.2) is 0 Å². The van der Waals surface area contributed by atoms with Gasteiger partial charge >= 0.3 is 5.97 Å². The van der Waals surface area contributed by atoms with Gasteiger partial charge in [0.2, 0.25) is 17.7 Å². The SMILES string of the molecule is CCC(=O)N(C1CCCNC1=O)[C@@H](CCC(N)=O)C(=O)O. The van der Waals surface area contributed by atoms with Crippen LogP contribution in [0.1, 0.15) is 39.0 Å². The van der Waals surface area contributed by atoms with Crippen LogP contribution in [0.3, 0.4) is 0 Å². The van der Waals surface area contributed by atoms with Crippen LogP contribution < -0.4 is 11.1 Å². The van der Waals surface area contributed by atoms with E-state index in [-0.39, 0.29) is 25.2 Å². The van der Waals surface area contributed by atoms with E-state index in [1.165, 1.54) is 0 Å². The average molecular weight is 299 g/mol. The van der Waals surface area contributed by atoms with Gasteiger partial charge in [0, 0.05) is 19.4 Å². The Bertz CT molecular complexity index is 438. The summed E-state index contributed by atoms with van der Waals surface area (Å²) in [6, 6.07) is -2.03. The molecule has 1 aliphatic heterocycles. The van der Waals surface area contributed by atoms with E-state index in [1.807, 2.05) is 0 Å². The Morgan fingerprint density at radius 1 is 1.48 bits per heavy atom. The standard InChI is InChI=1S/C13H21N3O5/c1-2-11(18)16(8-4-3-7-15-12(8)19)9(13(20)21)5-6-10(14)17/h8-9H,2-7H2,1H3,(H2,14,17)(H,15,19)(H,20,21)/t8?,9-/m0/s1.